The molecule has 214 valence electrons. The molecule has 3 aromatic rings. The SMILES string of the molecule is CC(=O)CCCCCCC(=O)O.CN[C@H]1CCN(c2ccc(C(=O)Nc3cc(-c4cccs4)ccc3N)cc2)C1. The number of unbranched alkanes of at least 4 members (excludes halogenated alkanes) is 3. The predicted molar refractivity (Wildman–Crippen MR) is 164 cm³/mol. The van der Waals surface area contributed by atoms with Crippen molar-refractivity contribution in [2.24, 2.45) is 0 Å². The van der Waals surface area contributed by atoms with Crippen LogP contribution in [0.15, 0.2) is 60.0 Å². The molecular formula is C31H40N4O4S. The van der Waals surface area contributed by atoms with Gasteiger partial charge in [-0.05, 0) is 86.6 Å². The number of rotatable bonds is 12. The molecule has 0 aliphatic carbocycles. The van der Waals surface area contributed by atoms with Gasteiger partial charge in [0.25, 0.3) is 5.91 Å². The van der Waals surface area contributed by atoms with Crippen LogP contribution in [-0.4, -0.2) is 48.9 Å². The normalized spacial score (nSPS) is 14.3. The summed E-state index contributed by atoms with van der Waals surface area (Å²) < 4.78 is 0. The van der Waals surface area contributed by atoms with Gasteiger partial charge in [0, 0.05) is 48.1 Å². The molecule has 1 fully saturated rings. The van der Waals surface area contributed by atoms with Gasteiger partial charge in [-0.3, -0.25) is 9.59 Å². The molecule has 1 saturated heterocycles. The van der Waals surface area contributed by atoms with Gasteiger partial charge < -0.3 is 31.2 Å². The number of amides is 1. The fourth-order valence-electron chi connectivity index (χ4n) is 4.51. The molecule has 40 heavy (non-hydrogen) atoms. The molecule has 4 rings (SSSR count). The van der Waals surface area contributed by atoms with E-state index in [9.17, 15) is 14.4 Å². The number of carboxylic acids is 1. The van der Waals surface area contributed by atoms with E-state index < -0.39 is 5.97 Å². The van der Waals surface area contributed by atoms with Crippen LogP contribution in [0.25, 0.3) is 10.4 Å². The number of Topliss-reactive ketones (excluding diaryl/α,β-unsaturated/α-hetero) is 1. The van der Waals surface area contributed by atoms with E-state index in [1.165, 1.54) is 0 Å². The molecule has 2 heterocycles. The molecule has 0 unspecified atom stereocenters. The maximum Gasteiger partial charge on any atom is 0.303 e. The number of aliphatic carboxylic acids is 1. The zero-order chi connectivity index (χ0) is 28.9. The standard InChI is InChI=1S/C22H24N4OS.C9H16O3/c1-24-17-10-11-26(14-17)18-7-4-15(5-8-18)22(27)25-20-13-16(6-9-19(20)23)21-3-2-12-28-21;1-8(10)6-4-2-3-5-7-9(11)12/h2-9,12-13,17,24H,10-11,14,23H2,1H3,(H,25,27);2-7H2,1H3,(H,11,12)/t17-;/m0./s1. The summed E-state index contributed by atoms with van der Waals surface area (Å²) in [7, 11) is 2.00. The number of benzene rings is 2. The number of anilines is 3. The third kappa shape index (κ3) is 9.81. The Hall–Kier alpha value is -3.69. The lowest BCUT2D eigenvalue weighted by atomic mass is 10.1. The van der Waals surface area contributed by atoms with Crippen LogP contribution in [0.3, 0.4) is 0 Å². The van der Waals surface area contributed by atoms with Crippen LogP contribution in [0.2, 0.25) is 0 Å². The van der Waals surface area contributed by atoms with Gasteiger partial charge in [-0.2, -0.15) is 0 Å². The summed E-state index contributed by atoms with van der Waals surface area (Å²) in [6.07, 6.45) is 5.53. The van der Waals surface area contributed by atoms with Gasteiger partial charge in [0.15, 0.2) is 0 Å². The number of hydrogen-bond acceptors (Lipinski definition) is 7. The van der Waals surface area contributed by atoms with Crippen molar-refractivity contribution in [2.45, 2.75) is 57.9 Å². The number of likely N-dealkylation sites (N-methyl/N-ethyl adjacent to an activating group) is 1. The molecule has 0 spiro atoms. The Morgan fingerprint density at radius 2 is 1.75 bits per heavy atom. The van der Waals surface area contributed by atoms with E-state index in [1.54, 1.807) is 18.3 Å². The molecule has 1 atom stereocenters. The van der Waals surface area contributed by atoms with E-state index in [1.807, 2.05) is 61.0 Å². The van der Waals surface area contributed by atoms with E-state index in [-0.39, 0.29) is 18.1 Å². The number of thiophene rings is 1. The largest absolute Gasteiger partial charge is 0.481 e. The summed E-state index contributed by atoms with van der Waals surface area (Å²) in [5, 5.41) is 16.6. The zero-order valence-electron chi connectivity index (χ0n) is 23.3. The minimum absolute atomic E-state index is 0.156. The third-order valence-electron chi connectivity index (χ3n) is 6.87. The van der Waals surface area contributed by atoms with Gasteiger partial charge in [-0.25, -0.2) is 0 Å². The average Bonchev–Trinajstić information content (AvgIpc) is 3.65. The summed E-state index contributed by atoms with van der Waals surface area (Å²) in [5.41, 5.74) is 10.1. The molecule has 8 nitrogen and oxygen atoms in total. The maximum absolute atomic E-state index is 12.7. The lowest BCUT2D eigenvalue weighted by Crippen LogP contribution is -2.29. The Labute approximate surface area is 240 Å². The fraction of sp³-hybridized carbons (Fsp3) is 0.387. The van der Waals surface area contributed by atoms with Crippen LogP contribution in [0.4, 0.5) is 17.1 Å². The van der Waals surface area contributed by atoms with Gasteiger partial charge in [0.2, 0.25) is 0 Å². The number of nitrogens with two attached hydrogens (primary N) is 1. The van der Waals surface area contributed by atoms with Crippen LogP contribution >= 0.6 is 11.3 Å². The molecule has 1 amide bonds. The number of carbonyl (C=O) groups is 3. The maximum atomic E-state index is 12.7. The molecule has 9 heteroatoms. The van der Waals surface area contributed by atoms with Crippen LogP contribution in [0.5, 0.6) is 0 Å². The smallest absolute Gasteiger partial charge is 0.303 e. The minimum Gasteiger partial charge on any atom is -0.481 e. The average molecular weight is 565 g/mol. The summed E-state index contributed by atoms with van der Waals surface area (Å²) in [6.45, 7) is 3.61. The van der Waals surface area contributed by atoms with Crippen molar-refractivity contribution in [3.63, 3.8) is 0 Å². The zero-order valence-corrected chi connectivity index (χ0v) is 24.1. The van der Waals surface area contributed by atoms with Crippen molar-refractivity contribution in [3.05, 3.63) is 65.5 Å². The van der Waals surface area contributed by atoms with Gasteiger partial charge in [-0.1, -0.05) is 25.0 Å². The summed E-state index contributed by atoms with van der Waals surface area (Å²) in [6, 6.07) is 18.1. The molecule has 0 saturated carbocycles. The van der Waals surface area contributed by atoms with Gasteiger partial charge in [0.05, 0.1) is 11.4 Å². The fourth-order valence-corrected chi connectivity index (χ4v) is 5.24. The Morgan fingerprint density at radius 3 is 2.35 bits per heavy atom. The Kier molecular flexibility index (Phi) is 12.2. The van der Waals surface area contributed by atoms with E-state index in [4.69, 9.17) is 10.8 Å². The second-order valence-corrected chi connectivity index (χ2v) is 11.0. The second-order valence-electron chi connectivity index (χ2n) is 10.0. The molecule has 1 aliphatic rings. The van der Waals surface area contributed by atoms with Crippen molar-refractivity contribution in [1.82, 2.24) is 5.32 Å². The van der Waals surface area contributed by atoms with Crippen molar-refractivity contribution in [3.8, 4) is 10.4 Å². The van der Waals surface area contributed by atoms with Crippen LogP contribution < -0.4 is 21.3 Å². The van der Waals surface area contributed by atoms with E-state index in [0.29, 0.717) is 29.4 Å². The minimum atomic E-state index is -0.735. The molecule has 0 radical (unpaired) electrons. The monoisotopic (exact) mass is 564 g/mol. The number of nitrogens with zero attached hydrogens (tertiary/aromatic N) is 1. The summed E-state index contributed by atoms with van der Waals surface area (Å²) in [5.74, 6) is -0.675. The first-order valence-electron chi connectivity index (χ1n) is 13.7. The van der Waals surface area contributed by atoms with Crippen LogP contribution in [0.1, 0.15) is 62.2 Å². The highest BCUT2D eigenvalue weighted by Crippen LogP contribution is 2.30. The Bertz CT molecular complexity index is 1230. The highest BCUT2D eigenvalue weighted by Gasteiger charge is 2.21. The van der Waals surface area contributed by atoms with Crippen molar-refractivity contribution >= 4 is 46.1 Å². The highest BCUT2D eigenvalue weighted by molar-refractivity contribution is 7.13. The van der Waals surface area contributed by atoms with E-state index in [0.717, 1.165) is 61.3 Å². The lowest BCUT2D eigenvalue weighted by Gasteiger charge is -2.19. The molecule has 5 N–H and O–H groups in total. The molecule has 0 bridgehead atoms. The lowest BCUT2D eigenvalue weighted by molar-refractivity contribution is -0.137. The Morgan fingerprint density at radius 1 is 1.02 bits per heavy atom. The number of carbonyl (C=O) groups excluding carboxylic acids is 2. The summed E-state index contributed by atoms with van der Waals surface area (Å²) >= 11 is 1.66. The molecule has 2 aromatic carbocycles. The third-order valence-corrected chi connectivity index (χ3v) is 7.79. The number of carboxylic acid groups (broad SMARTS) is 1. The van der Waals surface area contributed by atoms with Crippen molar-refractivity contribution in [2.75, 3.05) is 36.1 Å². The van der Waals surface area contributed by atoms with Crippen LogP contribution in [-0.2, 0) is 9.59 Å². The molecular weight excluding hydrogens is 524 g/mol. The topological polar surface area (TPSA) is 125 Å². The first-order chi connectivity index (χ1) is 19.3. The van der Waals surface area contributed by atoms with Gasteiger partial charge in [0.1, 0.15) is 5.78 Å². The number of hydrogen-bond donors (Lipinski definition) is 4. The first-order valence-corrected chi connectivity index (χ1v) is 14.6. The highest BCUT2D eigenvalue weighted by atomic mass is 32.1. The van der Waals surface area contributed by atoms with E-state index >= 15 is 0 Å². The Balaban J connectivity index is 0.000000312. The van der Waals surface area contributed by atoms with Gasteiger partial charge in [-0.15, -0.1) is 11.3 Å². The quantitative estimate of drug-likeness (QED) is 0.156. The first kappa shape index (κ1) is 30.8. The molecule has 1 aliphatic heterocycles. The second kappa shape index (κ2) is 15.8. The number of nitrogens with one attached hydrogen (secondary N) is 2. The number of ketones is 1. The van der Waals surface area contributed by atoms with Crippen molar-refractivity contribution in [1.29, 1.82) is 0 Å². The van der Waals surface area contributed by atoms with Crippen LogP contribution in [0, 0.1) is 0 Å². The molecule has 1 aromatic heterocycles. The number of nitrogen functional groups attached to an aromatic ring is 1. The predicted octanol–water partition coefficient (Wildman–Crippen LogP) is 6.05. The summed E-state index contributed by atoms with van der Waals surface area (Å²) in [4.78, 5) is 36.8. The van der Waals surface area contributed by atoms with Gasteiger partial charge >= 0.3 is 5.97 Å². The van der Waals surface area contributed by atoms with Crippen molar-refractivity contribution < 1.29 is 19.5 Å². The van der Waals surface area contributed by atoms with E-state index in [2.05, 4.69) is 21.6 Å².